The van der Waals surface area contributed by atoms with E-state index < -0.39 is 5.54 Å². The number of quaternary nitrogens is 1. The maximum atomic E-state index is 13.3. The summed E-state index contributed by atoms with van der Waals surface area (Å²) >= 11 is 0. The Labute approximate surface area is 185 Å². The van der Waals surface area contributed by atoms with Gasteiger partial charge in [-0.2, -0.15) is 0 Å². The Kier molecular flexibility index (Phi) is 6.01. The summed E-state index contributed by atoms with van der Waals surface area (Å²) in [4.78, 5) is 31.0. The number of nitrogens with zero attached hydrogens (tertiary/aromatic N) is 2. The molecule has 0 radical (unpaired) electrons. The van der Waals surface area contributed by atoms with Gasteiger partial charge < -0.3 is 19.9 Å². The number of morpholine rings is 1. The van der Waals surface area contributed by atoms with Crippen LogP contribution in [0.25, 0.3) is 0 Å². The lowest BCUT2D eigenvalue weighted by molar-refractivity contribution is -0.901. The smallest absolute Gasteiger partial charge is 0.329 e. The van der Waals surface area contributed by atoms with Gasteiger partial charge in [0.2, 0.25) is 0 Å². The molecule has 1 aromatic carbocycles. The Hall–Kier alpha value is -2.12. The molecular weight excluding hydrogens is 392 g/mol. The molecule has 170 valence electrons. The summed E-state index contributed by atoms with van der Waals surface area (Å²) < 4.78 is 5.43. The number of amides is 3. The minimum Gasteiger partial charge on any atom is -0.378 e. The Morgan fingerprint density at radius 1 is 1.13 bits per heavy atom. The molecule has 7 heteroatoms. The molecule has 2 aliphatic heterocycles. The van der Waals surface area contributed by atoms with Crippen LogP contribution in [0.1, 0.15) is 45.6 Å². The van der Waals surface area contributed by atoms with Gasteiger partial charge in [-0.1, -0.05) is 32.9 Å². The van der Waals surface area contributed by atoms with E-state index in [9.17, 15) is 9.59 Å². The summed E-state index contributed by atoms with van der Waals surface area (Å²) in [6, 6.07) is 8.36. The Bertz CT molecular complexity index is 819. The molecule has 2 N–H and O–H groups in total. The number of rotatable bonds is 5. The number of benzene rings is 1. The van der Waals surface area contributed by atoms with Gasteiger partial charge in [0, 0.05) is 24.3 Å². The molecule has 1 aliphatic carbocycles. The van der Waals surface area contributed by atoms with Gasteiger partial charge in [-0.25, -0.2) is 9.69 Å². The van der Waals surface area contributed by atoms with Crippen molar-refractivity contribution >= 4 is 17.6 Å². The van der Waals surface area contributed by atoms with Gasteiger partial charge >= 0.3 is 6.03 Å². The zero-order chi connectivity index (χ0) is 22.2. The van der Waals surface area contributed by atoms with Crippen molar-refractivity contribution in [3.8, 4) is 0 Å². The highest BCUT2D eigenvalue weighted by Gasteiger charge is 2.56. The average Bonchev–Trinajstić information content (AvgIpc) is 2.91. The molecule has 2 saturated heterocycles. The van der Waals surface area contributed by atoms with Gasteiger partial charge in [-0.05, 0) is 42.7 Å². The van der Waals surface area contributed by atoms with Crippen LogP contribution in [0.3, 0.4) is 0 Å². The molecule has 3 fully saturated rings. The van der Waals surface area contributed by atoms with Crippen molar-refractivity contribution < 1.29 is 19.2 Å². The predicted octanol–water partition coefficient (Wildman–Crippen LogP) is 1.63. The lowest BCUT2D eigenvalue weighted by Gasteiger charge is -2.43. The normalized spacial score (nSPS) is 29.4. The molecule has 3 amide bonds. The summed E-state index contributed by atoms with van der Waals surface area (Å²) in [5, 5.41) is 3.08. The highest BCUT2D eigenvalue weighted by Crippen LogP contribution is 2.46. The summed E-state index contributed by atoms with van der Waals surface area (Å²) in [7, 11) is 2.04. The number of nitrogens with one attached hydrogen (secondary N) is 2. The molecule has 0 aromatic heterocycles. The predicted molar refractivity (Wildman–Crippen MR) is 120 cm³/mol. The van der Waals surface area contributed by atoms with Crippen molar-refractivity contribution in [1.29, 1.82) is 0 Å². The van der Waals surface area contributed by atoms with Gasteiger partial charge in [0.1, 0.15) is 12.1 Å². The van der Waals surface area contributed by atoms with Gasteiger partial charge in [0.05, 0.1) is 20.3 Å². The number of urea groups is 1. The molecule has 1 aromatic rings. The number of anilines is 1. The lowest BCUT2D eigenvalue weighted by Crippen LogP contribution is -3.09. The maximum absolute atomic E-state index is 13.3. The molecule has 3 aliphatic rings. The molecule has 1 saturated carbocycles. The fraction of sp³-hybridized carbons (Fsp3) is 0.667. The van der Waals surface area contributed by atoms with Crippen LogP contribution in [-0.4, -0.2) is 62.4 Å². The monoisotopic (exact) mass is 429 g/mol. The zero-order valence-corrected chi connectivity index (χ0v) is 19.4. The summed E-state index contributed by atoms with van der Waals surface area (Å²) in [6.07, 6.45) is 2.54. The van der Waals surface area contributed by atoms with E-state index in [1.54, 1.807) is 0 Å². The molecular formula is C24H37N4O3+. The molecule has 3 atom stereocenters. The number of carbonyl (C=O) groups excluding carboxylic acids is 2. The van der Waals surface area contributed by atoms with Crippen molar-refractivity contribution in [2.75, 3.05) is 44.9 Å². The summed E-state index contributed by atoms with van der Waals surface area (Å²) in [5.74, 6) is 0.377. The van der Waals surface area contributed by atoms with E-state index in [-0.39, 0.29) is 17.4 Å². The van der Waals surface area contributed by atoms with E-state index in [0.717, 1.165) is 50.6 Å². The van der Waals surface area contributed by atoms with Crippen molar-refractivity contribution in [2.45, 2.75) is 52.1 Å². The number of hydrogen-bond acceptors (Lipinski definition) is 4. The van der Waals surface area contributed by atoms with Gasteiger partial charge in [-0.15, -0.1) is 0 Å². The van der Waals surface area contributed by atoms with Crippen molar-refractivity contribution in [2.24, 2.45) is 11.3 Å². The summed E-state index contributed by atoms with van der Waals surface area (Å²) in [5.41, 5.74) is 1.74. The molecule has 2 heterocycles. The molecule has 1 unspecified atom stereocenters. The fourth-order valence-electron chi connectivity index (χ4n) is 5.97. The molecule has 7 nitrogen and oxygen atoms in total. The maximum Gasteiger partial charge on any atom is 0.329 e. The fourth-order valence-corrected chi connectivity index (χ4v) is 5.97. The third-order valence-corrected chi connectivity index (χ3v) is 6.87. The van der Waals surface area contributed by atoms with Crippen LogP contribution >= 0.6 is 0 Å². The number of imide groups is 1. The van der Waals surface area contributed by atoms with Crippen LogP contribution in [0.4, 0.5) is 10.5 Å². The summed E-state index contributed by atoms with van der Waals surface area (Å²) in [6.45, 7) is 11.1. The minimum atomic E-state index is -0.724. The van der Waals surface area contributed by atoms with Gasteiger partial charge in [0.25, 0.3) is 5.91 Å². The third kappa shape index (κ3) is 4.72. The van der Waals surface area contributed by atoms with Crippen molar-refractivity contribution in [1.82, 2.24) is 10.2 Å². The number of hydrogen-bond donors (Lipinski definition) is 2. The second kappa shape index (κ2) is 8.43. The van der Waals surface area contributed by atoms with Crippen LogP contribution in [0.5, 0.6) is 0 Å². The molecule has 0 bridgehead atoms. The SMILES string of the molecule is C[C@H]1CC(C)(C)C[C@@]2(C1)NC(=O)N(C[NH+](C)Cc1ccc(N3CCOCC3)cc1)C2=O. The second-order valence-electron chi connectivity index (χ2n) is 10.7. The van der Waals surface area contributed by atoms with Gasteiger partial charge in [0.15, 0.2) is 6.67 Å². The van der Waals surface area contributed by atoms with E-state index in [0.29, 0.717) is 19.0 Å². The molecule has 4 rings (SSSR count). The molecule has 1 spiro atoms. The van der Waals surface area contributed by atoms with Crippen molar-refractivity contribution in [3.05, 3.63) is 29.8 Å². The number of ether oxygens (including phenoxy) is 1. The Balaban J connectivity index is 1.37. The van der Waals surface area contributed by atoms with E-state index in [1.807, 2.05) is 7.05 Å². The largest absolute Gasteiger partial charge is 0.378 e. The Morgan fingerprint density at radius 3 is 2.45 bits per heavy atom. The van der Waals surface area contributed by atoms with Crippen molar-refractivity contribution in [3.63, 3.8) is 0 Å². The first-order valence-corrected chi connectivity index (χ1v) is 11.5. The Morgan fingerprint density at radius 2 is 1.81 bits per heavy atom. The first-order chi connectivity index (χ1) is 14.7. The number of carbonyl (C=O) groups is 2. The van der Waals surface area contributed by atoms with E-state index in [2.05, 4.69) is 55.3 Å². The van der Waals surface area contributed by atoms with Crippen LogP contribution < -0.4 is 15.1 Å². The van der Waals surface area contributed by atoms with Crippen LogP contribution in [-0.2, 0) is 16.1 Å². The second-order valence-corrected chi connectivity index (χ2v) is 10.7. The highest BCUT2D eigenvalue weighted by atomic mass is 16.5. The minimum absolute atomic E-state index is 0.0425. The lowest BCUT2D eigenvalue weighted by atomic mass is 9.64. The highest BCUT2D eigenvalue weighted by molar-refractivity contribution is 6.07. The van der Waals surface area contributed by atoms with E-state index in [1.165, 1.54) is 16.2 Å². The van der Waals surface area contributed by atoms with Crippen LogP contribution in [0.15, 0.2) is 24.3 Å². The van der Waals surface area contributed by atoms with Crippen LogP contribution in [0, 0.1) is 11.3 Å². The van der Waals surface area contributed by atoms with E-state index >= 15 is 0 Å². The first kappa shape index (κ1) is 22.1. The topological polar surface area (TPSA) is 66.3 Å². The third-order valence-electron chi connectivity index (χ3n) is 6.87. The standard InChI is InChI=1S/C24H36N4O3/c1-18-13-23(2,3)16-24(14-18)21(29)28(22(30)25-24)17-26(4)15-19-5-7-20(8-6-19)27-9-11-31-12-10-27/h5-8,18H,9-17H2,1-4H3,(H,25,30)/p+1/t18-,24+/m0/s1. The van der Waals surface area contributed by atoms with Crippen LogP contribution in [0.2, 0.25) is 0 Å². The molecule has 31 heavy (non-hydrogen) atoms. The quantitative estimate of drug-likeness (QED) is 0.699. The van der Waals surface area contributed by atoms with E-state index in [4.69, 9.17) is 4.74 Å². The average molecular weight is 430 g/mol. The zero-order valence-electron chi connectivity index (χ0n) is 19.4. The first-order valence-electron chi connectivity index (χ1n) is 11.5. The van der Waals surface area contributed by atoms with Gasteiger partial charge in [-0.3, -0.25) is 4.79 Å².